The smallest absolute Gasteiger partial charge is 0.271 e. The Labute approximate surface area is 178 Å². The van der Waals surface area contributed by atoms with Crippen molar-refractivity contribution in [2.24, 2.45) is 0 Å². The number of rotatable bonds is 5. The molecule has 0 unspecified atom stereocenters. The van der Waals surface area contributed by atoms with Crippen molar-refractivity contribution in [3.05, 3.63) is 71.7 Å². The highest BCUT2D eigenvalue weighted by Gasteiger charge is 2.45. The summed E-state index contributed by atoms with van der Waals surface area (Å²) in [5, 5.41) is 6.13. The number of fused-ring (bicyclic) bond motifs is 3. The highest BCUT2D eigenvalue weighted by Crippen LogP contribution is 2.31. The van der Waals surface area contributed by atoms with Gasteiger partial charge in [-0.2, -0.15) is 0 Å². The first-order valence-electron chi connectivity index (χ1n) is 9.96. The van der Waals surface area contributed by atoms with Gasteiger partial charge in [0.15, 0.2) is 0 Å². The molecule has 0 spiro atoms. The van der Waals surface area contributed by atoms with Crippen LogP contribution in [0.1, 0.15) is 23.0 Å². The van der Waals surface area contributed by atoms with Crippen LogP contribution in [0.15, 0.2) is 54.6 Å². The molecule has 4 rings (SSSR count). The van der Waals surface area contributed by atoms with Gasteiger partial charge < -0.3 is 20.1 Å². The minimum Gasteiger partial charge on any atom is -0.350 e. The number of para-hydroxylation sites is 1. The van der Waals surface area contributed by atoms with Gasteiger partial charge in [-0.3, -0.25) is 14.4 Å². The standard InChI is InChI=1S/C23H23FN4O3/c1-23(22(31)26-13-20(29)25-12-16-8-3-5-9-17(16)24)14-28-18-10-6-4-7-15(18)11-19(28)21(30)27(23)2/h3-11H,12-14H2,1-2H3,(H,25,29)(H,26,31)/t23-/m1/s1. The summed E-state index contributed by atoms with van der Waals surface area (Å²) in [5.74, 6) is -1.55. The molecule has 0 fully saturated rings. The van der Waals surface area contributed by atoms with Crippen molar-refractivity contribution < 1.29 is 18.8 Å². The van der Waals surface area contributed by atoms with Crippen LogP contribution in [0.25, 0.3) is 10.9 Å². The molecule has 1 aromatic heterocycles. The molecule has 3 aromatic rings. The topological polar surface area (TPSA) is 83.4 Å². The summed E-state index contributed by atoms with van der Waals surface area (Å²) < 4.78 is 15.5. The molecule has 0 bridgehead atoms. The summed E-state index contributed by atoms with van der Waals surface area (Å²) in [6, 6.07) is 15.6. The summed E-state index contributed by atoms with van der Waals surface area (Å²) in [6.45, 7) is 1.69. The average molecular weight is 422 g/mol. The molecule has 3 amide bonds. The summed E-state index contributed by atoms with van der Waals surface area (Å²) in [6.07, 6.45) is 0. The van der Waals surface area contributed by atoms with E-state index < -0.39 is 23.2 Å². The highest BCUT2D eigenvalue weighted by atomic mass is 19.1. The molecule has 1 aliphatic heterocycles. The molecule has 2 heterocycles. The van der Waals surface area contributed by atoms with Crippen molar-refractivity contribution in [3.8, 4) is 0 Å². The van der Waals surface area contributed by atoms with Crippen molar-refractivity contribution in [2.75, 3.05) is 13.6 Å². The monoisotopic (exact) mass is 422 g/mol. The number of carbonyl (C=O) groups is 3. The third-order valence-electron chi connectivity index (χ3n) is 5.87. The number of halogens is 1. The second-order valence-corrected chi connectivity index (χ2v) is 7.86. The molecule has 8 heteroatoms. The van der Waals surface area contributed by atoms with Crippen LogP contribution >= 0.6 is 0 Å². The van der Waals surface area contributed by atoms with Crippen molar-refractivity contribution >= 4 is 28.6 Å². The van der Waals surface area contributed by atoms with E-state index in [0.717, 1.165) is 10.9 Å². The number of aromatic nitrogens is 1. The predicted octanol–water partition coefficient (Wildman–Crippen LogP) is 2.06. The minimum atomic E-state index is -1.17. The van der Waals surface area contributed by atoms with Gasteiger partial charge in [0.2, 0.25) is 11.8 Å². The Morgan fingerprint density at radius 3 is 2.58 bits per heavy atom. The lowest BCUT2D eigenvalue weighted by Gasteiger charge is -2.41. The SMILES string of the molecule is CN1C(=O)c2cc3ccccc3n2C[C@]1(C)C(=O)NCC(=O)NCc1ccccc1F. The molecular weight excluding hydrogens is 399 g/mol. The van der Waals surface area contributed by atoms with Gasteiger partial charge in [-0.1, -0.05) is 36.4 Å². The number of hydrogen-bond donors (Lipinski definition) is 2. The highest BCUT2D eigenvalue weighted by molar-refractivity contribution is 6.03. The fourth-order valence-electron chi connectivity index (χ4n) is 3.84. The maximum Gasteiger partial charge on any atom is 0.271 e. The van der Waals surface area contributed by atoms with E-state index in [2.05, 4.69) is 10.6 Å². The second-order valence-electron chi connectivity index (χ2n) is 7.86. The van der Waals surface area contributed by atoms with Gasteiger partial charge in [-0.15, -0.1) is 0 Å². The number of hydrogen-bond acceptors (Lipinski definition) is 3. The third kappa shape index (κ3) is 3.65. The first kappa shape index (κ1) is 20.6. The lowest BCUT2D eigenvalue weighted by Crippen LogP contribution is -2.63. The van der Waals surface area contributed by atoms with Crippen LogP contribution in [0.3, 0.4) is 0 Å². The van der Waals surface area contributed by atoms with E-state index in [0.29, 0.717) is 11.3 Å². The molecule has 0 saturated carbocycles. The number of carbonyl (C=O) groups excluding carboxylic acids is 3. The van der Waals surface area contributed by atoms with Gasteiger partial charge >= 0.3 is 0 Å². The first-order valence-corrected chi connectivity index (χ1v) is 9.96. The summed E-state index contributed by atoms with van der Waals surface area (Å²) in [5.41, 5.74) is 0.591. The van der Waals surface area contributed by atoms with Crippen LogP contribution in [0.2, 0.25) is 0 Å². The normalized spacial score (nSPS) is 18.0. The zero-order chi connectivity index (χ0) is 22.2. The van der Waals surface area contributed by atoms with Crippen LogP contribution in [0.4, 0.5) is 4.39 Å². The number of likely N-dealkylation sites (N-methyl/N-ethyl adjacent to an activating group) is 1. The van der Waals surface area contributed by atoms with Gasteiger partial charge in [0, 0.05) is 30.1 Å². The van der Waals surface area contributed by atoms with Crippen LogP contribution in [0, 0.1) is 5.82 Å². The van der Waals surface area contributed by atoms with Crippen LogP contribution in [-0.4, -0.2) is 46.3 Å². The van der Waals surface area contributed by atoms with Gasteiger partial charge in [0.1, 0.15) is 17.1 Å². The summed E-state index contributed by atoms with van der Waals surface area (Å²) >= 11 is 0. The number of nitrogens with one attached hydrogen (secondary N) is 2. The van der Waals surface area contributed by atoms with E-state index in [1.807, 2.05) is 34.9 Å². The van der Waals surface area contributed by atoms with Crippen molar-refractivity contribution in [2.45, 2.75) is 25.6 Å². The van der Waals surface area contributed by atoms with Gasteiger partial charge in [-0.25, -0.2) is 4.39 Å². The van der Waals surface area contributed by atoms with Crippen LogP contribution < -0.4 is 10.6 Å². The molecule has 160 valence electrons. The molecule has 0 aliphatic carbocycles. The van der Waals surface area contributed by atoms with E-state index in [1.165, 1.54) is 11.0 Å². The minimum absolute atomic E-state index is 0.0236. The Bertz CT molecular complexity index is 1190. The van der Waals surface area contributed by atoms with Crippen molar-refractivity contribution in [3.63, 3.8) is 0 Å². The molecular formula is C23H23FN4O3. The van der Waals surface area contributed by atoms with E-state index in [9.17, 15) is 18.8 Å². The van der Waals surface area contributed by atoms with Crippen molar-refractivity contribution in [1.82, 2.24) is 20.1 Å². The zero-order valence-electron chi connectivity index (χ0n) is 17.3. The lowest BCUT2D eigenvalue weighted by atomic mass is 9.95. The Morgan fingerprint density at radius 1 is 1.10 bits per heavy atom. The fourth-order valence-corrected chi connectivity index (χ4v) is 3.84. The summed E-state index contributed by atoms with van der Waals surface area (Å²) in [4.78, 5) is 39.5. The largest absolute Gasteiger partial charge is 0.350 e. The number of benzene rings is 2. The fraction of sp³-hybridized carbons (Fsp3) is 0.261. The van der Waals surface area contributed by atoms with Gasteiger partial charge in [-0.05, 0) is 25.1 Å². The molecule has 1 atom stereocenters. The Hall–Kier alpha value is -3.68. The quantitative estimate of drug-likeness (QED) is 0.660. The molecule has 0 radical (unpaired) electrons. The molecule has 31 heavy (non-hydrogen) atoms. The van der Waals surface area contributed by atoms with Crippen molar-refractivity contribution in [1.29, 1.82) is 0 Å². The predicted molar refractivity (Wildman–Crippen MR) is 114 cm³/mol. The maximum atomic E-state index is 13.7. The van der Waals surface area contributed by atoms with Crippen LogP contribution in [0.5, 0.6) is 0 Å². The Morgan fingerprint density at radius 2 is 1.81 bits per heavy atom. The summed E-state index contributed by atoms with van der Waals surface area (Å²) in [7, 11) is 1.58. The van der Waals surface area contributed by atoms with Gasteiger partial charge in [0.25, 0.3) is 5.91 Å². The van der Waals surface area contributed by atoms with E-state index in [-0.39, 0.29) is 25.5 Å². The molecule has 2 N–H and O–H groups in total. The lowest BCUT2D eigenvalue weighted by molar-refractivity contribution is -0.134. The third-order valence-corrected chi connectivity index (χ3v) is 5.87. The molecule has 2 aromatic carbocycles. The van der Waals surface area contributed by atoms with E-state index >= 15 is 0 Å². The number of amides is 3. The molecule has 1 aliphatic rings. The van der Waals surface area contributed by atoms with E-state index in [1.54, 1.807) is 32.2 Å². The molecule has 7 nitrogen and oxygen atoms in total. The second kappa shape index (κ2) is 7.86. The first-order chi connectivity index (χ1) is 14.8. The average Bonchev–Trinajstić information content (AvgIpc) is 3.13. The van der Waals surface area contributed by atoms with Gasteiger partial charge in [0.05, 0.1) is 13.1 Å². The molecule has 0 saturated heterocycles. The Kier molecular flexibility index (Phi) is 5.22. The Balaban J connectivity index is 1.44. The zero-order valence-corrected chi connectivity index (χ0v) is 17.3. The maximum absolute atomic E-state index is 13.7. The van der Waals surface area contributed by atoms with Crippen LogP contribution in [-0.2, 0) is 22.7 Å². The number of nitrogens with zero attached hydrogens (tertiary/aromatic N) is 2. The van der Waals surface area contributed by atoms with E-state index in [4.69, 9.17) is 0 Å².